The number of aryl methyl sites for hydroxylation is 1. The third kappa shape index (κ3) is 3.59. The molecule has 0 saturated heterocycles. The molecule has 3 atom stereocenters. The molecule has 31 heavy (non-hydrogen) atoms. The minimum absolute atomic E-state index is 0.0661. The summed E-state index contributed by atoms with van der Waals surface area (Å²) >= 11 is 0. The second-order valence-electron chi connectivity index (χ2n) is 7.50. The number of halogens is 5. The summed E-state index contributed by atoms with van der Waals surface area (Å²) in [5.74, 6) is -6.46. The number of nitrogens with two attached hydrogens (primary N) is 1. The van der Waals surface area contributed by atoms with E-state index < -0.39 is 66.1 Å². The minimum Gasteiger partial charge on any atom is -0.461 e. The van der Waals surface area contributed by atoms with Crippen LogP contribution in [0, 0.1) is 18.7 Å². The SMILES string of the molecule is Cc1nc(C(=O)Nc2ccc(F)c([C@@]3(C(F)F)N=C(N)O[C@@H]4CC(F)(F)C[C@@H]43)c2)co1. The van der Waals surface area contributed by atoms with Crippen molar-refractivity contribution in [1.82, 2.24) is 4.98 Å². The van der Waals surface area contributed by atoms with Gasteiger partial charge >= 0.3 is 0 Å². The highest BCUT2D eigenvalue weighted by molar-refractivity contribution is 6.02. The maximum Gasteiger partial charge on any atom is 0.283 e. The molecule has 0 bridgehead atoms. The molecule has 1 aliphatic carbocycles. The average molecular weight is 444 g/mol. The second kappa shape index (κ2) is 7.20. The van der Waals surface area contributed by atoms with E-state index in [1.165, 1.54) is 6.92 Å². The van der Waals surface area contributed by atoms with E-state index in [1.54, 1.807) is 0 Å². The van der Waals surface area contributed by atoms with Crippen LogP contribution in [0.25, 0.3) is 0 Å². The average Bonchev–Trinajstić information content (AvgIpc) is 3.24. The molecule has 0 radical (unpaired) electrons. The van der Waals surface area contributed by atoms with Gasteiger partial charge in [0.05, 0.1) is 0 Å². The molecule has 2 heterocycles. The number of carbonyl (C=O) groups excluding carboxylic acids is 1. The maximum atomic E-state index is 14.8. The molecule has 4 rings (SSSR count). The Morgan fingerprint density at radius 3 is 2.71 bits per heavy atom. The number of amides is 1. The number of nitrogens with zero attached hydrogens (tertiary/aromatic N) is 2. The van der Waals surface area contributed by atoms with Crippen molar-refractivity contribution in [2.24, 2.45) is 16.6 Å². The van der Waals surface area contributed by atoms with Crippen LogP contribution in [-0.4, -0.2) is 35.4 Å². The van der Waals surface area contributed by atoms with Gasteiger partial charge in [0.1, 0.15) is 18.2 Å². The minimum atomic E-state index is -3.38. The smallest absolute Gasteiger partial charge is 0.283 e. The number of aromatic nitrogens is 1. The van der Waals surface area contributed by atoms with Crippen molar-refractivity contribution in [3.8, 4) is 0 Å². The summed E-state index contributed by atoms with van der Waals surface area (Å²) < 4.78 is 81.8. The van der Waals surface area contributed by atoms with Crippen molar-refractivity contribution < 1.29 is 35.9 Å². The first kappa shape index (κ1) is 21.1. The Labute approximate surface area is 172 Å². The van der Waals surface area contributed by atoms with Gasteiger partial charge in [0.25, 0.3) is 24.3 Å². The zero-order chi connectivity index (χ0) is 22.6. The van der Waals surface area contributed by atoms with Gasteiger partial charge in [-0.2, -0.15) is 0 Å². The molecule has 0 spiro atoms. The number of rotatable bonds is 4. The molecule has 1 amide bonds. The third-order valence-electron chi connectivity index (χ3n) is 5.44. The first-order valence-corrected chi connectivity index (χ1v) is 9.23. The Morgan fingerprint density at radius 2 is 2.06 bits per heavy atom. The molecule has 1 aliphatic heterocycles. The van der Waals surface area contributed by atoms with Crippen LogP contribution in [0.1, 0.15) is 34.8 Å². The Kier molecular flexibility index (Phi) is 4.90. The van der Waals surface area contributed by atoms with Gasteiger partial charge in [-0.15, -0.1) is 0 Å². The number of carbonyl (C=O) groups is 1. The number of hydrogen-bond acceptors (Lipinski definition) is 6. The van der Waals surface area contributed by atoms with Crippen molar-refractivity contribution in [2.75, 3.05) is 5.32 Å². The zero-order valence-corrected chi connectivity index (χ0v) is 16.0. The number of oxazole rings is 1. The number of nitrogens with one attached hydrogen (secondary N) is 1. The molecule has 2 aliphatic rings. The summed E-state index contributed by atoms with van der Waals surface area (Å²) in [7, 11) is 0. The van der Waals surface area contributed by atoms with E-state index in [0.717, 1.165) is 24.5 Å². The van der Waals surface area contributed by atoms with Gasteiger partial charge in [-0.3, -0.25) is 4.79 Å². The Balaban J connectivity index is 1.77. The molecule has 1 aromatic heterocycles. The van der Waals surface area contributed by atoms with E-state index in [9.17, 15) is 26.7 Å². The Bertz CT molecular complexity index is 1060. The van der Waals surface area contributed by atoms with E-state index in [1.807, 2.05) is 0 Å². The number of hydrogen-bond donors (Lipinski definition) is 2. The lowest BCUT2D eigenvalue weighted by Gasteiger charge is -2.41. The quantitative estimate of drug-likeness (QED) is 0.702. The van der Waals surface area contributed by atoms with Crippen LogP contribution in [-0.2, 0) is 10.3 Å². The summed E-state index contributed by atoms with van der Waals surface area (Å²) in [6.45, 7) is 1.51. The summed E-state index contributed by atoms with van der Waals surface area (Å²) in [5, 5.41) is 2.39. The first-order valence-electron chi connectivity index (χ1n) is 9.23. The van der Waals surface area contributed by atoms with Crippen molar-refractivity contribution in [3.63, 3.8) is 0 Å². The molecule has 12 heteroatoms. The van der Waals surface area contributed by atoms with E-state index >= 15 is 0 Å². The van der Waals surface area contributed by atoms with Crippen molar-refractivity contribution in [1.29, 1.82) is 0 Å². The number of benzene rings is 1. The molecule has 2 aromatic rings. The summed E-state index contributed by atoms with van der Waals surface area (Å²) in [5.41, 5.74) is 1.99. The van der Waals surface area contributed by atoms with Gasteiger partial charge in [0.2, 0.25) is 0 Å². The van der Waals surface area contributed by atoms with Crippen LogP contribution in [0.3, 0.4) is 0 Å². The molecule has 0 unspecified atom stereocenters. The predicted molar refractivity (Wildman–Crippen MR) is 97.4 cm³/mol. The van der Waals surface area contributed by atoms with E-state index in [2.05, 4.69) is 15.3 Å². The predicted octanol–water partition coefficient (Wildman–Crippen LogP) is 3.59. The molecule has 166 valence electrons. The number of ether oxygens (including phenoxy) is 1. The zero-order valence-electron chi connectivity index (χ0n) is 16.0. The van der Waals surface area contributed by atoms with Crippen LogP contribution in [0.2, 0.25) is 0 Å². The van der Waals surface area contributed by atoms with Crippen LogP contribution in [0.15, 0.2) is 33.9 Å². The molecule has 1 aromatic carbocycles. The molecular formula is C19H17F5N4O3. The number of fused-ring (bicyclic) bond motifs is 1. The highest BCUT2D eigenvalue weighted by Crippen LogP contribution is 2.55. The van der Waals surface area contributed by atoms with Crippen LogP contribution < -0.4 is 11.1 Å². The normalized spacial score (nSPS) is 26.9. The topological polar surface area (TPSA) is 103 Å². The molecule has 7 nitrogen and oxygen atoms in total. The molecule has 1 fully saturated rings. The first-order chi connectivity index (χ1) is 14.5. The van der Waals surface area contributed by atoms with Gasteiger partial charge in [-0.1, -0.05) is 0 Å². The highest BCUT2D eigenvalue weighted by Gasteiger charge is 2.63. The lowest BCUT2D eigenvalue weighted by molar-refractivity contribution is -0.0392. The highest BCUT2D eigenvalue weighted by atomic mass is 19.3. The van der Waals surface area contributed by atoms with Crippen molar-refractivity contribution >= 4 is 17.6 Å². The number of alkyl halides is 4. The van der Waals surface area contributed by atoms with Crippen molar-refractivity contribution in [2.45, 2.75) is 43.8 Å². The summed E-state index contributed by atoms with van der Waals surface area (Å²) in [6, 6.07) is 2.18. The molecular weight excluding hydrogens is 427 g/mol. The Morgan fingerprint density at radius 1 is 1.32 bits per heavy atom. The van der Waals surface area contributed by atoms with Gasteiger partial charge in [-0.05, 0) is 18.2 Å². The standard InChI is InChI=1S/C19H17F5N4O3/c1-8-26-13(7-30-8)15(29)27-9-2-3-12(20)10(4-9)19(16(21)22)11-5-18(23,24)6-14(11)31-17(25)28-19/h2-4,7,11,14,16H,5-6H2,1H3,(H2,25,28)(H,27,29)/t11-,14+,19+/m0/s1. The van der Waals surface area contributed by atoms with Crippen LogP contribution in [0.5, 0.6) is 0 Å². The monoisotopic (exact) mass is 444 g/mol. The third-order valence-corrected chi connectivity index (χ3v) is 5.44. The van der Waals surface area contributed by atoms with Gasteiger partial charge in [0.15, 0.2) is 17.1 Å². The lowest BCUT2D eigenvalue weighted by Crippen LogP contribution is -2.51. The summed E-state index contributed by atoms with van der Waals surface area (Å²) in [4.78, 5) is 19.8. The second-order valence-corrected chi connectivity index (χ2v) is 7.50. The molecule has 3 N–H and O–H groups in total. The van der Waals surface area contributed by atoms with E-state index in [-0.39, 0.29) is 17.3 Å². The van der Waals surface area contributed by atoms with Gasteiger partial charge in [0, 0.05) is 36.9 Å². The number of amidine groups is 1. The van der Waals surface area contributed by atoms with Gasteiger partial charge < -0.3 is 20.2 Å². The van der Waals surface area contributed by atoms with E-state index in [0.29, 0.717) is 0 Å². The fraction of sp³-hybridized carbons (Fsp3) is 0.421. The lowest BCUT2D eigenvalue weighted by atomic mass is 9.75. The number of anilines is 1. The fourth-order valence-electron chi connectivity index (χ4n) is 4.14. The van der Waals surface area contributed by atoms with Crippen LogP contribution >= 0.6 is 0 Å². The van der Waals surface area contributed by atoms with Crippen molar-refractivity contribution in [3.05, 3.63) is 47.4 Å². The Hall–Kier alpha value is -3.18. The largest absolute Gasteiger partial charge is 0.461 e. The van der Waals surface area contributed by atoms with Gasteiger partial charge in [-0.25, -0.2) is 31.9 Å². The molecule has 1 saturated carbocycles. The fourth-order valence-corrected chi connectivity index (χ4v) is 4.14. The van der Waals surface area contributed by atoms with E-state index in [4.69, 9.17) is 14.9 Å². The number of aliphatic imine (C=N–C) groups is 1. The maximum absolute atomic E-state index is 14.8. The summed E-state index contributed by atoms with van der Waals surface area (Å²) in [6.07, 6.45) is -5.48. The van der Waals surface area contributed by atoms with Crippen LogP contribution in [0.4, 0.5) is 27.6 Å².